The number of fused-ring (bicyclic) bond motifs is 6. The van der Waals surface area contributed by atoms with Crippen LogP contribution in [0.15, 0.2) is 334 Å². The van der Waals surface area contributed by atoms with Crippen LogP contribution in [0.5, 0.6) is 5.75 Å². The van der Waals surface area contributed by atoms with Gasteiger partial charge in [-0.2, -0.15) is 0 Å². The standard InChI is InChI=1S/C84H59BF6O5P2/c86-83(87,88)68-53-69(84(89,90)91)55-70(54-68)94-85(95-97(71-37-11-3-12-38-71,72-39-13-4-14-40-72,56-79(92)58-27-7-1-8-28-58)81-75-45-25-23-35-64(75)49-66-47-60-31-19-21-33-62(60)51-77(66)81)96-98(73-41-15-5-16-42-73,74-43-17-6-18-44-74,57-80(93)59-29-9-2-10-30-59)82-76-46-26-24-36-65(76)50-67-48-61-32-20-22-34-63(61)52-78(67)82/h1-55H,56-57H2. The van der Waals surface area contributed by atoms with E-state index in [1.807, 2.05) is 231 Å². The summed E-state index contributed by atoms with van der Waals surface area (Å²) >= 11 is 0. The topological polar surface area (TPSA) is 61.8 Å². The molecule has 0 aliphatic carbocycles. The van der Waals surface area contributed by atoms with Crippen molar-refractivity contribution in [3.8, 4) is 5.75 Å². The molecule has 0 saturated heterocycles. The van der Waals surface area contributed by atoms with E-state index in [9.17, 15) is 0 Å². The first-order valence-electron chi connectivity index (χ1n) is 32.0. The van der Waals surface area contributed by atoms with E-state index in [1.54, 1.807) is 60.7 Å². The second kappa shape index (κ2) is 24.8. The molecule has 480 valence electrons. The number of benzene rings is 15. The van der Waals surface area contributed by atoms with E-state index in [0.717, 1.165) is 32.3 Å². The van der Waals surface area contributed by atoms with Crippen molar-refractivity contribution in [1.82, 2.24) is 0 Å². The predicted octanol–water partition coefficient (Wildman–Crippen LogP) is 19.7. The zero-order valence-corrected chi connectivity index (χ0v) is 54.2. The summed E-state index contributed by atoms with van der Waals surface area (Å²) < 4.78 is 119. The van der Waals surface area contributed by atoms with Crippen molar-refractivity contribution in [3.05, 3.63) is 356 Å². The Kier molecular flexibility index (Phi) is 16.1. The Morgan fingerprint density at radius 1 is 0.296 bits per heavy atom. The molecule has 0 bridgehead atoms. The van der Waals surface area contributed by atoms with Gasteiger partial charge in [-0.25, -0.2) is 0 Å². The fraction of sp³-hybridized carbons (Fsp3) is 0.0476. The number of halogens is 6. The Balaban J connectivity index is 1.20. The fourth-order valence-corrected chi connectivity index (χ4v) is 26.8. The molecule has 15 aromatic rings. The molecule has 0 N–H and O–H groups in total. The van der Waals surface area contributed by atoms with Crippen LogP contribution in [0.1, 0.15) is 31.8 Å². The van der Waals surface area contributed by atoms with E-state index in [0.29, 0.717) is 76.3 Å². The first-order chi connectivity index (χ1) is 47.5. The summed E-state index contributed by atoms with van der Waals surface area (Å²) in [5.74, 6) is -1.83. The first-order valence-corrected chi connectivity index (χ1v) is 36.6. The number of carbonyl (C=O) groups is 2. The van der Waals surface area contributed by atoms with Gasteiger partial charge in [-0.15, -0.1) is 0 Å². The van der Waals surface area contributed by atoms with Crippen LogP contribution in [0.4, 0.5) is 26.3 Å². The normalized spacial score (nSPS) is 13.1. The number of carbonyl (C=O) groups excluding carboxylic acids is 2. The maximum atomic E-state index is 16.8. The molecule has 15 rings (SSSR count). The van der Waals surface area contributed by atoms with E-state index in [-0.39, 0.29) is 17.2 Å². The van der Waals surface area contributed by atoms with Crippen molar-refractivity contribution in [2.24, 2.45) is 0 Å². The molecule has 0 saturated carbocycles. The van der Waals surface area contributed by atoms with E-state index in [2.05, 4.69) is 24.3 Å². The monoisotopic (exact) mass is 1330 g/mol. The van der Waals surface area contributed by atoms with Gasteiger partial charge in [0.2, 0.25) is 0 Å². The molecule has 0 amide bonds. The number of ketones is 2. The number of alkyl halides is 6. The predicted molar refractivity (Wildman–Crippen MR) is 392 cm³/mol. The molecule has 14 heteroatoms. The van der Waals surface area contributed by atoms with E-state index >= 15 is 35.9 Å². The van der Waals surface area contributed by atoms with Gasteiger partial charge >= 0.3 is 565 Å². The molecule has 0 aromatic heterocycles. The van der Waals surface area contributed by atoms with Gasteiger partial charge in [0.05, 0.1) is 0 Å². The van der Waals surface area contributed by atoms with Crippen LogP contribution >= 0.6 is 13.7 Å². The quantitative estimate of drug-likeness (QED) is 0.0282. The van der Waals surface area contributed by atoms with Crippen LogP contribution in [0.3, 0.4) is 0 Å². The molecule has 0 aliphatic rings. The summed E-state index contributed by atoms with van der Waals surface area (Å²) in [6.45, 7) is -11.7. The Morgan fingerprint density at radius 3 is 0.898 bits per heavy atom. The summed E-state index contributed by atoms with van der Waals surface area (Å²) in [6.07, 6.45) is -11.8. The van der Waals surface area contributed by atoms with Crippen LogP contribution < -0.4 is 36.5 Å². The Hall–Kier alpha value is -10.6. The van der Waals surface area contributed by atoms with Gasteiger partial charge in [0.25, 0.3) is 0 Å². The summed E-state index contributed by atoms with van der Waals surface area (Å²) in [7, 11) is -2.54. The van der Waals surface area contributed by atoms with Crippen LogP contribution in [0.25, 0.3) is 64.6 Å². The average Bonchev–Trinajstić information content (AvgIpc) is 0.673. The number of hydrogen-bond acceptors (Lipinski definition) is 5. The fourth-order valence-electron chi connectivity index (χ4n) is 14.7. The second-order valence-corrected chi connectivity index (χ2v) is 33.6. The molecule has 0 heterocycles. The zero-order valence-electron chi connectivity index (χ0n) is 52.4. The summed E-state index contributed by atoms with van der Waals surface area (Å²) in [4.78, 5) is 33.6. The van der Waals surface area contributed by atoms with E-state index in [1.165, 1.54) is 0 Å². The van der Waals surface area contributed by atoms with Crippen LogP contribution in [-0.2, 0) is 21.2 Å². The molecule has 0 radical (unpaired) electrons. The maximum absolute atomic E-state index is 16.8. The van der Waals surface area contributed by atoms with E-state index < -0.39 is 74.1 Å². The Labute approximate surface area is 561 Å². The Morgan fingerprint density at radius 2 is 0.571 bits per heavy atom. The Bertz CT molecular complexity index is 5130. The zero-order chi connectivity index (χ0) is 67.3. The van der Waals surface area contributed by atoms with Gasteiger partial charge in [0.1, 0.15) is 0 Å². The third kappa shape index (κ3) is 10.8. The van der Waals surface area contributed by atoms with Crippen molar-refractivity contribution in [1.29, 1.82) is 0 Å². The van der Waals surface area contributed by atoms with E-state index in [4.69, 9.17) is 13.5 Å². The van der Waals surface area contributed by atoms with Gasteiger partial charge in [0.15, 0.2) is 0 Å². The number of hydrogen-bond donors (Lipinski definition) is 0. The SMILES string of the molecule is O=C(CP(OB(Oc1cc(C(F)(F)F)cc(C(F)(F)F)c1)OP(CC(=O)c1ccccc1)(c1ccccc1)(c1ccccc1)c1c2ccccc2cc2cc3ccccc3cc12)(c1ccccc1)(c1ccccc1)c1c2ccccc2cc2cc3ccccc3cc12)c1ccccc1. The molecule has 0 unspecified atom stereocenters. The summed E-state index contributed by atoms with van der Waals surface area (Å²) in [5, 5.41) is 11.3. The van der Waals surface area contributed by atoms with Crippen LogP contribution in [0, 0.1) is 0 Å². The van der Waals surface area contributed by atoms with Crippen molar-refractivity contribution in [2.45, 2.75) is 12.4 Å². The van der Waals surface area contributed by atoms with Crippen molar-refractivity contribution < 1.29 is 49.5 Å². The molecule has 98 heavy (non-hydrogen) atoms. The molecule has 0 spiro atoms. The average molecular weight is 1340 g/mol. The van der Waals surface area contributed by atoms with Gasteiger partial charge < -0.3 is 0 Å². The minimum absolute atomic E-state index is 0.0433. The van der Waals surface area contributed by atoms with Crippen molar-refractivity contribution >= 4 is 129 Å². The first kappa shape index (κ1) is 63.5. The molecular weight excluding hydrogens is 1280 g/mol. The second-order valence-electron chi connectivity index (χ2n) is 24.8. The van der Waals surface area contributed by atoms with Crippen LogP contribution in [0.2, 0.25) is 0 Å². The molecule has 0 atom stereocenters. The minimum atomic E-state index is -5.84. The molecular formula is C84H59BF6O5P2. The van der Waals surface area contributed by atoms with Gasteiger partial charge in [-0.1, -0.05) is 0 Å². The molecule has 0 aliphatic heterocycles. The van der Waals surface area contributed by atoms with Gasteiger partial charge in [-0.05, 0) is 0 Å². The summed E-state index contributed by atoms with van der Waals surface area (Å²) in [6, 6.07) is 98.6. The molecule has 0 fully saturated rings. The van der Waals surface area contributed by atoms with Crippen molar-refractivity contribution in [3.63, 3.8) is 0 Å². The molecule has 5 nitrogen and oxygen atoms in total. The number of Topliss-reactive ketones (excluding diaryl/α,β-unsaturated/α-hetero) is 2. The third-order valence-electron chi connectivity index (χ3n) is 19.1. The van der Waals surface area contributed by atoms with Crippen molar-refractivity contribution in [2.75, 3.05) is 12.3 Å². The number of rotatable bonds is 18. The van der Waals surface area contributed by atoms with Crippen LogP contribution in [-0.4, -0.2) is 31.2 Å². The van der Waals surface area contributed by atoms with Gasteiger partial charge in [0, 0.05) is 0 Å². The molecule has 15 aromatic carbocycles. The van der Waals surface area contributed by atoms with Gasteiger partial charge in [-0.3, -0.25) is 0 Å². The third-order valence-corrected chi connectivity index (χ3v) is 30.5. The summed E-state index contributed by atoms with van der Waals surface area (Å²) in [5.41, 5.74) is -2.81.